The molecule has 5 heteroatoms. The maximum absolute atomic E-state index is 6.32. The minimum atomic E-state index is -1.59. The zero-order valence-electron chi connectivity index (χ0n) is 23.9. The molecule has 0 spiro atoms. The minimum Gasteiger partial charge on any atom is -0.497 e. The third kappa shape index (κ3) is 7.13. The number of benzene rings is 1. The number of methoxy groups -OCH3 is 1. The summed E-state index contributed by atoms with van der Waals surface area (Å²) < 4.78 is 18.1. The Labute approximate surface area is 221 Å². The van der Waals surface area contributed by atoms with Gasteiger partial charge in [0.1, 0.15) is 11.5 Å². The molecule has 0 N–H and O–H groups in total. The van der Waals surface area contributed by atoms with Crippen LogP contribution in [0.3, 0.4) is 0 Å². The van der Waals surface area contributed by atoms with Crippen molar-refractivity contribution in [3.8, 4) is 11.5 Å². The molecule has 1 aliphatic heterocycles. The summed E-state index contributed by atoms with van der Waals surface area (Å²) in [6, 6.07) is 10.6. The number of nitrogens with zero attached hydrogens (tertiary/aromatic N) is 1. The molecular formula is C31H49NO3Si. The van der Waals surface area contributed by atoms with Crippen molar-refractivity contribution in [1.82, 2.24) is 4.98 Å². The highest BCUT2D eigenvalue weighted by molar-refractivity contribution is 6.74. The largest absolute Gasteiger partial charge is 0.497 e. The van der Waals surface area contributed by atoms with Crippen molar-refractivity contribution in [3.05, 3.63) is 53.9 Å². The summed E-state index contributed by atoms with van der Waals surface area (Å²) in [7, 11) is 0.117. The minimum absolute atomic E-state index is 0.0833. The van der Waals surface area contributed by atoms with Crippen molar-refractivity contribution >= 4 is 8.32 Å². The van der Waals surface area contributed by atoms with Crippen LogP contribution in [0.4, 0.5) is 0 Å². The summed E-state index contributed by atoms with van der Waals surface area (Å²) in [4.78, 5) is 4.42. The van der Waals surface area contributed by atoms with Crippen LogP contribution < -0.4 is 9.47 Å². The molecule has 1 aliphatic rings. The van der Waals surface area contributed by atoms with Gasteiger partial charge in [0.05, 0.1) is 13.7 Å². The average molecular weight is 512 g/mol. The molecule has 0 unspecified atom stereocenters. The number of hydrogen-bond acceptors (Lipinski definition) is 4. The molecule has 4 nitrogen and oxygen atoms in total. The van der Waals surface area contributed by atoms with Crippen molar-refractivity contribution in [1.29, 1.82) is 0 Å². The summed E-state index contributed by atoms with van der Waals surface area (Å²) in [5.41, 5.74) is 2.48. The predicted molar refractivity (Wildman–Crippen MR) is 153 cm³/mol. The van der Waals surface area contributed by atoms with Crippen LogP contribution in [-0.2, 0) is 9.84 Å². The van der Waals surface area contributed by atoms with E-state index in [2.05, 4.69) is 64.0 Å². The van der Waals surface area contributed by atoms with Crippen molar-refractivity contribution in [2.45, 2.75) is 109 Å². The number of fused-ring (bicyclic) bond motifs is 1. The second-order valence-corrected chi connectivity index (χ2v) is 17.1. The van der Waals surface area contributed by atoms with Gasteiger partial charge < -0.3 is 13.9 Å². The van der Waals surface area contributed by atoms with E-state index in [-0.39, 0.29) is 5.41 Å². The number of hydrogen-bond donors (Lipinski definition) is 0. The molecule has 0 saturated heterocycles. The van der Waals surface area contributed by atoms with Crippen LogP contribution in [0.5, 0.6) is 11.5 Å². The fourth-order valence-corrected chi connectivity index (χ4v) is 6.15. The van der Waals surface area contributed by atoms with E-state index >= 15 is 0 Å². The van der Waals surface area contributed by atoms with E-state index in [9.17, 15) is 0 Å². The highest BCUT2D eigenvalue weighted by Gasteiger charge is 2.42. The zero-order valence-corrected chi connectivity index (χ0v) is 24.9. The second-order valence-electron chi connectivity index (χ2n) is 12.3. The monoisotopic (exact) mass is 511 g/mol. The molecule has 3 rings (SSSR count). The van der Waals surface area contributed by atoms with Crippen LogP contribution in [0.2, 0.25) is 18.1 Å². The van der Waals surface area contributed by atoms with Gasteiger partial charge in [-0.25, -0.2) is 0 Å². The van der Waals surface area contributed by atoms with Crippen LogP contribution in [0, 0.1) is 0 Å². The Morgan fingerprint density at radius 1 is 1.03 bits per heavy atom. The van der Waals surface area contributed by atoms with Gasteiger partial charge in [0.25, 0.3) is 0 Å². The van der Waals surface area contributed by atoms with Crippen LogP contribution in [0.25, 0.3) is 0 Å². The molecule has 0 aliphatic carbocycles. The third-order valence-corrected chi connectivity index (χ3v) is 13.2. The Morgan fingerprint density at radius 3 is 2.36 bits per heavy atom. The van der Waals surface area contributed by atoms with E-state index in [1.54, 1.807) is 7.11 Å². The number of aromatic nitrogens is 1. The van der Waals surface area contributed by atoms with E-state index in [1.807, 2.05) is 24.5 Å². The Balaban J connectivity index is 1.47. The first-order chi connectivity index (χ1) is 17.1. The van der Waals surface area contributed by atoms with Crippen molar-refractivity contribution in [3.63, 3.8) is 0 Å². The fourth-order valence-electron chi connectivity index (χ4n) is 5.06. The fraction of sp³-hybridized carbons (Fsp3) is 0.645. The van der Waals surface area contributed by atoms with E-state index < -0.39 is 8.32 Å². The first-order valence-corrected chi connectivity index (χ1v) is 16.8. The lowest BCUT2D eigenvalue weighted by atomic mass is 9.66. The quantitative estimate of drug-likeness (QED) is 0.199. The van der Waals surface area contributed by atoms with Crippen molar-refractivity contribution in [2.24, 2.45) is 0 Å². The number of pyridine rings is 1. The standard InChI is InChI=1S/C31H49NO3Si/c1-30(2,3)36(6,7)35-21-14-12-10-8-9-11-13-17-28-27-19-18-26(33-5)22-29(27)34-24-31(28,4)25-16-15-20-32-23-25/h15-16,18-20,22-23,28H,8-14,17,21,24H2,1-7H3/t28-,31-/m1/s1. The average Bonchev–Trinajstić information content (AvgIpc) is 2.85. The zero-order chi connectivity index (χ0) is 26.2. The summed E-state index contributed by atoms with van der Waals surface area (Å²) in [6.07, 6.45) is 14.0. The molecule has 2 aromatic rings. The molecule has 200 valence electrons. The van der Waals surface area contributed by atoms with Crippen molar-refractivity contribution in [2.75, 3.05) is 20.3 Å². The van der Waals surface area contributed by atoms with Gasteiger partial charge in [0.2, 0.25) is 0 Å². The molecule has 36 heavy (non-hydrogen) atoms. The van der Waals surface area contributed by atoms with Crippen LogP contribution >= 0.6 is 0 Å². The maximum atomic E-state index is 6.32. The number of unbranched alkanes of at least 4 members (excludes halogenated alkanes) is 6. The van der Waals surface area contributed by atoms with E-state index in [1.165, 1.54) is 56.1 Å². The Bertz CT molecular complexity index is 941. The predicted octanol–water partition coefficient (Wildman–Crippen LogP) is 8.67. The highest BCUT2D eigenvalue weighted by atomic mass is 28.4. The van der Waals surface area contributed by atoms with Gasteiger partial charge in [-0.3, -0.25) is 4.98 Å². The maximum Gasteiger partial charge on any atom is 0.191 e. The molecule has 2 heterocycles. The summed E-state index contributed by atoms with van der Waals surface area (Å²) in [5, 5.41) is 0.303. The molecule has 0 radical (unpaired) electrons. The molecule has 0 fully saturated rings. The number of ether oxygens (including phenoxy) is 2. The van der Waals surface area contributed by atoms with Crippen LogP contribution in [-0.4, -0.2) is 33.6 Å². The van der Waals surface area contributed by atoms with Gasteiger partial charge in [-0.1, -0.05) is 78.4 Å². The van der Waals surface area contributed by atoms with Gasteiger partial charge in [0.15, 0.2) is 8.32 Å². The Morgan fingerprint density at radius 2 is 1.72 bits per heavy atom. The van der Waals surface area contributed by atoms with Gasteiger partial charge in [-0.2, -0.15) is 0 Å². The SMILES string of the molecule is COc1ccc2c(c1)OC[C@](C)(c1cccnc1)[C@@H]2CCCCCCCCCO[Si](C)(C)C(C)(C)C. The third-order valence-electron chi connectivity index (χ3n) is 8.62. The van der Waals surface area contributed by atoms with E-state index in [4.69, 9.17) is 13.9 Å². The normalized spacial score (nSPS) is 20.0. The van der Waals surface area contributed by atoms with Crippen LogP contribution in [0.1, 0.15) is 96.1 Å². The Hall–Kier alpha value is -1.85. The van der Waals surface area contributed by atoms with Gasteiger partial charge >= 0.3 is 0 Å². The van der Waals surface area contributed by atoms with Gasteiger partial charge in [-0.15, -0.1) is 0 Å². The molecule has 1 aromatic carbocycles. The molecule has 1 aromatic heterocycles. The molecule has 2 atom stereocenters. The first-order valence-electron chi connectivity index (χ1n) is 13.9. The smallest absolute Gasteiger partial charge is 0.191 e. The molecule has 0 saturated carbocycles. The van der Waals surface area contributed by atoms with E-state index in [0.717, 1.165) is 24.5 Å². The summed E-state index contributed by atoms with van der Waals surface area (Å²) >= 11 is 0. The highest BCUT2D eigenvalue weighted by Crippen LogP contribution is 2.49. The number of rotatable bonds is 13. The summed E-state index contributed by atoms with van der Waals surface area (Å²) in [5.74, 6) is 2.23. The molecular weight excluding hydrogens is 462 g/mol. The van der Waals surface area contributed by atoms with Crippen LogP contribution in [0.15, 0.2) is 42.7 Å². The second kappa shape index (κ2) is 12.6. The topological polar surface area (TPSA) is 40.6 Å². The lowest BCUT2D eigenvalue weighted by Gasteiger charge is -2.43. The van der Waals surface area contributed by atoms with Gasteiger partial charge in [0, 0.05) is 36.4 Å². The van der Waals surface area contributed by atoms with E-state index in [0.29, 0.717) is 17.6 Å². The van der Waals surface area contributed by atoms with Gasteiger partial charge in [-0.05, 0) is 54.2 Å². The lowest BCUT2D eigenvalue weighted by molar-refractivity contribution is 0.161. The Kier molecular flexibility index (Phi) is 10.0. The summed E-state index contributed by atoms with van der Waals surface area (Å²) in [6.45, 7) is 15.6. The lowest BCUT2D eigenvalue weighted by Crippen LogP contribution is -2.40. The first kappa shape index (κ1) is 28.7. The molecule has 0 amide bonds. The molecule has 0 bridgehead atoms. The van der Waals surface area contributed by atoms with Crippen molar-refractivity contribution < 1.29 is 13.9 Å².